The van der Waals surface area contributed by atoms with Crippen LogP contribution in [0.3, 0.4) is 0 Å². The Labute approximate surface area is 112 Å². The molecule has 0 saturated heterocycles. The van der Waals surface area contributed by atoms with Gasteiger partial charge in [0.05, 0.1) is 0 Å². The second-order valence-corrected chi connectivity index (χ2v) is 5.88. The molecule has 0 aliphatic heterocycles. The van der Waals surface area contributed by atoms with Crippen LogP contribution in [0.1, 0.15) is 54.5 Å². The lowest BCUT2D eigenvalue weighted by atomic mass is 10.1. The standard InChI is InChI=1S/C14H19N3O2/c1-14(2,3)17-12(18)9-6-7-15-11(8-9)13(19)16-10-4-5-10/h6-8,10H,4-5H2,1-3H3,(H,16,19)(H,17,18). The number of aromatic nitrogens is 1. The second-order valence-electron chi connectivity index (χ2n) is 5.88. The summed E-state index contributed by atoms with van der Waals surface area (Å²) in [5.74, 6) is -0.414. The Hall–Kier alpha value is -1.91. The number of amides is 2. The predicted octanol–water partition coefficient (Wildman–Crippen LogP) is 1.50. The van der Waals surface area contributed by atoms with Crippen molar-refractivity contribution in [3.63, 3.8) is 0 Å². The molecule has 5 nitrogen and oxygen atoms in total. The second kappa shape index (κ2) is 4.99. The zero-order valence-electron chi connectivity index (χ0n) is 11.5. The third kappa shape index (κ3) is 4.05. The molecule has 0 radical (unpaired) electrons. The van der Waals surface area contributed by atoms with Gasteiger partial charge in [0.15, 0.2) is 0 Å². The minimum Gasteiger partial charge on any atom is -0.348 e. The van der Waals surface area contributed by atoms with Gasteiger partial charge in [-0.3, -0.25) is 14.6 Å². The van der Waals surface area contributed by atoms with Crippen molar-refractivity contribution in [2.24, 2.45) is 0 Å². The van der Waals surface area contributed by atoms with E-state index < -0.39 is 0 Å². The SMILES string of the molecule is CC(C)(C)NC(=O)c1ccnc(C(=O)NC2CC2)c1. The van der Waals surface area contributed by atoms with E-state index in [0.29, 0.717) is 5.56 Å². The molecule has 0 aromatic carbocycles. The van der Waals surface area contributed by atoms with E-state index in [9.17, 15) is 9.59 Å². The topological polar surface area (TPSA) is 71.1 Å². The minimum absolute atomic E-state index is 0.199. The molecule has 1 aliphatic carbocycles. The van der Waals surface area contributed by atoms with E-state index in [2.05, 4.69) is 15.6 Å². The molecule has 0 atom stereocenters. The lowest BCUT2D eigenvalue weighted by Crippen LogP contribution is -2.40. The highest BCUT2D eigenvalue weighted by Gasteiger charge is 2.24. The average Bonchev–Trinajstić information content (AvgIpc) is 3.11. The van der Waals surface area contributed by atoms with Crippen molar-refractivity contribution >= 4 is 11.8 Å². The molecule has 1 heterocycles. The maximum absolute atomic E-state index is 12.0. The first-order chi connectivity index (χ1) is 8.85. The van der Waals surface area contributed by atoms with Gasteiger partial charge >= 0.3 is 0 Å². The van der Waals surface area contributed by atoms with Crippen LogP contribution in [0.25, 0.3) is 0 Å². The van der Waals surface area contributed by atoms with E-state index in [1.54, 1.807) is 6.07 Å². The molecule has 102 valence electrons. The van der Waals surface area contributed by atoms with E-state index in [0.717, 1.165) is 12.8 Å². The van der Waals surface area contributed by atoms with Gasteiger partial charge in [-0.1, -0.05) is 0 Å². The predicted molar refractivity (Wildman–Crippen MR) is 71.9 cm³/mol. The first-order valence-electron chi connectivity index (χ1n) is 6.44. The lowest BCUT2D eigenvalue weighted by Gasteiger charge is -2.20. The summed E-state index contributed by atoms with van der Waals surface area (Å²) in [5.41, 5.74) is 0.427. The lowest BCUT2D eigenvalue weighted by molar-refractivity contribution is 0.0919. The van der Waals surface area contributed by atoms with Gasteiger partial charge in [-0.2, -0.15) is 0 Å². The van der Waals surface area contributed by atoms with Crippen molar-refractivity contribution in [2.45, 2.75) is 45.2 Å². The first kappa shape index (κ1) is 13.5. The van der Waals surface area contributed by atoms with Crippen molar-refractivity contribution in [1.82, 2.24) is 15.6 Å². The Bertz CT molecular complexity index is 502. The fourth-order valence-electron chi connectivity index (χ4n) is 1.60. The highest BCUT2D eigenvalue weighted by atomic mass is 16.2. The monoisotopic (exact) mass is 261 g/mol. The normalized spacial score (nSPS) is 14.9. The third-order valence-corrected chi connectivity index (χ3v) is 2.66. The summed E-state index contributed by atoms with van der Waals surface area (Å²) in [6, 6.07) is 3.41. The zero-order valence-corrected chi connectivity index (χ0v) is 11.5. The molecule has 1 aliphatic rings. The molecule has 0 spiro atoms. The van der Waals surface area contributed by atoms with E-state index >= 15 is 0 Å². The van der Waals surface area contributed by atoms with Crippen LogP contribution in [-0.4, -0.2) is 28.4 Å². The Balaban J connectivity index is 2.09. The van der Waals surface area contributed by atoms with Gasteiger partial charge in [-0.05, 0) is 45.7 Å². The summed E-state index contributed by atoms with van der Waals surface area (Å²) >= 11 is 0. The first-order valence-corrected chi connectivity index (χ1v) is 6.44. The molecule has 2 rings (SSSR count). The van der Waals surface area contributed by atoms with Crippen LogP contribution in [0.5, 0.6) is 0 Å². The number of nitrogens with one attached hydrogen (secondary N) is 2. The summed E-state index contributed by atoms with van der Waals surface area (Å²) in [6.07, 6.45) is 3.53. The Kier molecular flexibility index (Phi) is 3.55. The minimum atomic E-state index is -0.309. The number of nitrogens with zero attached hydrogens (tertiary/aromatic N) is 1. The fraction of sp³-hybridized carbons (Fsp3) is 0.500. The highest BCUT2D eigenvalue weighted by molar-refractivity contribution is 5.98. The Morgan fingerprint density at radius 3 is 2.53 bits per heavy atom. The van der Waals surface area contributed by atoms with Crippen molar-refractivity contribution in [3.05, 3.63) is 29.6 Å². The molecular formula is C14H19N3O2. The van der Waals surface area contributed by atoms with Crippen LogP contribution in [0, 0.1) is 0 Å². The summed E-state index contributed by atoms with van der Waals surface area (Å²) in [7, 11) is 0. The summed E-state index contributed by atoms with van der Waals surface area (Å²) in [6.45, 7) is 5.73. The molecule has 1 aromatic heterocycles. The van der Waals surface area contributed by atoms with Crippen molar-refractivity contribution in [2.75, 3.05) is 0 Å². The van der Waals surface area contributed by atoms with Crippen LogP contribution >= 0.6 is 0 Å². The van der Waals surface area contributed by atoms with Gasteiger partial charge in [0.1, 0.15) is 5.69 Å². The van der Waals surface area contributed by atoms with Crippen LogP contribution in [0.4, 0.5) is 0 Å². The molecule has 1 aromatic rings. The molecular weight excluding hydrogens is 242 g/mol. The van der Waals surface area contributed by atoms with Crippen LogP contribution < -0.4 is 10.6 Å². The molecule has 5 heteroatoms. The summed E-state index contributed by atoms with van der Waals surface area (Å²) in [4.78, 5) is 27.9. The van der Waals surface area contributed by atoms with Crippen molar-refractivity contribution in [1.29, 1.82) is 0 Å². The van der Waals surface area contributed by atoms with Crippen molar-refractivity contribution < 1.29 is 9.59 Å². The smallest absolute Gasteiger partial charge is 0.270 e. The molecule has 1 fully saturated rings. The zero-order chi connectivity index (χ0) is 14.0. The van der Waals surface area contributed by atoms with Crippen LogP contribution in [0.2, 0.25) is 0 Å². The van der Waals surface area contributed by atoms with Gasteiger partial charge in [-0.25, -0.2) is 0 Å². The van der Waals surface area contributed by atoms with E-state index in [1.807, 2.05) is 20.8 Å². The molecule has 19 heavy (non-hydrogen) atoms. The summed E-state index contributed by atoms with van der Waals surface area (Å²) < 4.78 is 0. The molecule has 1 saturated carbocycles. The average molecular weight is 261 g/mol. The number of pyridine rings is 1. The maximum atomic E-state index is 12.0. The van der Waals surface area contributed by atoms with Gasteiger partial charge in [0.2, 0.25) is 0 Å². The number of hydrogen-bond acceptors (Lipinski definition) is 3. The van der Waals surface area contributed by atoms with E-state index in [-0.39, 0.29) is 29.1 Å². The molecule has 0 unspecified atom stereocenters. The fourth-order valence-corrected chi connectivity index (χ4v) is 1.60. The summed E-state index contributed by atoms with van der Waals surface area (Å²) in [5, 5.41) is 5.71. The van der Waals surface area contributed by atoms with Gasteiger partial charge < -0.3 is 10.6 Å². The van der Waals surface area contributed by atoms with E-state index in [1.165, 1.54) is 12.3 Å². The van der Waals surface area contributed by atoms with Gasteiger partial charge in [0, 0.05) is 23.3 Å². The van der Waals surface area contributed by atoms with E-state index in [4.69, 9.17) is 0 Å². The third-order valence-electron chi connectivity index (χ3n) is 2.66. The molecule has 2 amide bonds. The maximum Gasteiger partial charge on any atom is 0.270 e. The number of rotatable bonds is 3. The number of carbonyl (C=O) groups is 2. The molecule has 2 N–H and O–H groups in total. The molecule has 0 bridgehead atoms. The van der Waals surface area contributed by atoms with Crippen LogP contribution in [0.15, 0.2) is 18.3 Å². The Morgan fingerprint density at radius 1 is 1.26 bits per heavy atom. The van der Waals surface area contributed by atoms with Gasteiger partial charge in [-0.15, -0.1) is 0 Å². The Morgan fingerprint density at radius 2 is 1.95 bits per heavy atom. The number of hydrogen-bond donors (Lipinski definition) is 2. The largest absolute Gasteiger partial charge is 0.348 e. The van der Waals surface area contributed by atoms with Crippen LogP contribution in [-0.2, 0) is 0 Å². The highest BCUT2D eigenvalue weighted by Crippen LogP contribution is 2.19. The quantitative estimate of drug-likeness (QED) is 0.866. The number of carbonyl (C=O) groups excluding carboxylic acids is 2. The van der Waals surface area contributed by atoms with Gasteiger partial charge in [0.25, 0.3) is 11.8 Å². The van der Waals surface area contributed by atoms with Crippen molar-refractivity contribution in [3.8, 4) is 0 Å².